The Morgan fingerprint density at radius 2 is 1.89 bits per heavy atom. The second-order valence-corrected chi connectivity index (χ2v) is 6.92. The van der Waals surface area contributed by atoms with Gasteiger partial charge in [0.25, 0.3) is 12.0 Å². The number of halogens is 2. The van der Waals surface area contributed by atoms with E-state index in [9.17, 15) is 13.6 Å². The van der Waals surface area contributed by atoms with E-state index in [2.05, 4.69) is 24.3 Å². The van der Waals surface area contributed by atoms with Crippen LogP contribution in [-0.4, -0.2) is 63.2 Å². The predicted molar refractivity (Wildman–Crippen MR) is 103 cm³/mol. The van der Waals surface area contributed by atoms with Crippen molar-refractivity contribution in [1.29, 1.82) is 0 Å². The summed E-state index contributed by atoms with van der Waals surface area (Å²) in [6.45, 7) is 4.95. The average molecular weight is 388 g/mol. The number of imidazole rings is 1. The fourth-order valence-electron chi connectivity index (χ4n) is 3.53. The molecule has 0 atom stereocenters. The van der Waals surface area contributed by atoms with Gasteiger partial charge >= 0.3 is 0 Å². The average Bonchev–Trinajstić information content (AvgIpc) is 3.22. The van der Waals surface area contributed by atoms with Gasteiger partial charge in [0.15, 0.2) is 0 Å². The zero-order chi connectivity index (χ0) is 19.5. The van der Waals surface area contributed by atoms with E-state index < -0.39 is 18.5 Å². The number of hydrogen-bond donors (Lipinski definition) is 0. The van der Waals surface area contributed by atoms with Gasteiger partial charge in [0.2, 0.25) is 0 Å². The van der Waals surface area contributed by atoms with Crippen LogP contribution in [0.5, 0.6) is 0 Å². The lowest BCUT2D eigenvalue weighted by molar-refractivity contribution is 0.125. The van der Waals surface area contributed by atoms with Crippen LogP contribution in [0.2, 0.25) is 0 Å². The third-order valence-corrected chi connectivity index (χ3v) is 5.11. The van der Waals surface area contributed by atoms with Crippen LogP contribution in [0.1, 0.15) is 0 Å². The maximum absolute atomic E-state index is 12.6. The van der Waals surface area contributed by atoms with Gasteiger partial charge in [-0.25, -0.2) is 18.7 Å². The van der Waals surface area contributed by atoms with Crippen molar-refractivity contribution in [3.05, 3.63) is 53.6 Å². The fourth-order valence-corrected chi connectivity index (χ4v) is 3.53. The maximum atomic E-state index is 12.6. The summed E-state index contributed by atoms with van der Waals surface area (Å²) in [5.41, 5.74) is 1.11. The Balaban J connectivity index is 1.41. The zero-order valence-electron chi connectivity index (χ0n) is 15.4. The first-order chi connectivity index (χ1) is 13.6. The number of anilines is 1. The van der Waals surface area contributed by atoms with Crippen LogP contribution in [0, 0.1) is 0 Å². The normalized spacial score (nSPS) is 15.6. The summed E-state index contributed by atoms with van der Waals surface area (Å²) in [4.78, 5) is 25.3. The van der Waals surface area contributed by atoms with Crippen molar-refractivity contribution in [3.63, 3.8) is 0 Å². The third-order valence-electron chi connectivity index (χ3n) is 5.11. The van der Waals surface area contributed by atoms with E-state index in [-0.39, 0.29) is 0 Å². The van der Waals surface area contributed by atoms with Crippen molar-refractivity contribution in [2.45, 2.75) is 19.5 Å². The highest BCUT2D eigenvalue weighted by Crippen LogP contribution is 2.20. The van der Waals surface area contributed by atoms with E-state index in [1.54, 1.807) is 12.3 Å². The van der Waals surface area contributed by atoms with Crippen molar-refractivity contribution in [3.8, 4) is 0 Å². The number of benzene rings is 1. The summed E-state index contributed by atoms with van der Waals surface area (Å²) in [7, 11) is 0. The number of rotatable bonds is 6. The van der Waals surface area contributed by atoms with Crippen LogP contribution in [0.3, 0.4) is 0 Å². The number of piperazine rings is 1. The molecule has 0 saturated carbocycles. The van der Waals surface area contributed by atoms with E-state index in [1.165, 1.54) is 6.33 Å². The Kier molecular flexibility index (Phi) is 5.34. The first-order valence-electron chi connectivity index (χ1n) is 9.30. The molecular weight excluding hydrogens is 366 g/mol. The molecule has 1 aromatic carbocycles. The molecule has 1 aliphatic rings. The molecule has 9 heteroatoms. The maximum Gasteiger partial charge on any atom is 0.261 e. The smallest absolute Gasteiger partial charge is 0.261 e. The Morgan fingerprint density at radius 1 is 1.07 bits per heavy atom. The third kappa shape index (κ3) is 4.04. The second kappa shape index (κ2) is 8.05. The quantitative estimate of drug-likeness (QED) is 0.643. The van der Waals surface area contributed by atoms with Crippen LogP contribution in [-0.2, 0) is 13.1 Å². The fraction of sp³-hybridized carbons (Fsp3) is 0.421. The highest BCUT2D eigenvalue weighted by Gasteiger charge is 2.18. The highest BCUT2D eigenvalue weighted by molar-refractivity contribution is 5.81. The van der Waals surface area contributed by atoms with Crippen LogP contribution >= 0.6 is 0 Å². The molecule has 2 aromatic heterocycles. The number of nitrogens with zero attached hydrogens (tertiary/aromatic N) is 6. The van der Waals surface area contributed by atoms with E-state index in [0.29, 0.717) is 10.9 Å². The van der Waals surface area contributed by atoms with E-state index in [4.69, 9.17) is 0 Å². The lowest BCUT2D eigenvalue weighted by Gasteiger charge is -2.36. The van der Waals surface area contributed by atoms with Gasteiger partial charge in [0, 0.05) is 57.3 Å². The topological polar surface area (TPSA) is 59.2 Å². The molecule has 1 saturated heterocycles. The van der Waals surface area contributed by atoms with Crippen molar-refractivity contribution in [2.24, 2.45) is 0 Å². The lowest BCUT2D eigenvalue weighted by Crippen LogP contribution is -2.47. The van der Waals surface area contributed by atoms with Gasteiger partial charge in [-0.05, 0) is 18.2 Å². The second-order valence-electron chi connectivity index (χ2n) is 6.92. The number of alkyl halides is 2. The van der Waals surface area contributed by atoms with Gasteiger partial charge < -0.3 is 9.47 Å². The van der Waals surface area contributed by atoms with Gasteiger partial charge in [-0.1, -0.05) is 0 Å². The molecule has 0 unspecified atom stereocenters. The predicted octanol–water partition coefficient (Wildman–Crippen LogP) is 1.68. The van der Waals surface area contributed by atoms with Crippen molar-refractivity contribution in [2.75, 3.05) is 37.6 Å². The molecule has 1 fully saturated rings. The molecule has 0 aliphatic carbocycles. The Hall–Kier alpha value is -2.81. The lowest BCUT2D eigenvalue weighted by atomic mass is 10.2. The minimum atomic E-state index is -2.58. The minimum absolute atomic E-state index is 0.367. The summed E-state index contributed by atoms with van der Waals surface area (Å²) in [6.07, 6.45) is 4.20. The number of fused-ring (bicyclic) bond motifs is 1. The van der Waals surface area contributed by atoms with Gasteiger partial charge in [0.1, 0.15) is 0 Å². The zero-order valence-corrected chi connectivity index (χ0v) is 15.4. The summed E-state index contributed by atoms with van der Waals surface area (Å²) in [5.74, 6) is 0. The van der Waals surface area contributed by atoms with Crippen LogP contribution in [0.4, 0.5) is 14.5 Å². The minimum Gasteiger partial charge on any atom is -0.369 e. The summed E-state index contributed by atoms with van der Waals surface area (Å²) >= 11 is 0. The van der Waals surface area contributed by atoms with Crippen molar-refractivity contribution < 1.29 is 8.78 Å². The van der Waals surface area contributed by atoms with Gasteiger partial charge in [-0.2, -0.15) is 0 Å². The number of hydrogen-bond acceptors (Lipinski definition) is 5. The molecule has 7 nitrogen and oxygen atoms in total. The molecule has 0 bridgehead atoms. The largest absolute Gasteiger partial charge is 0.369 e. The van der Waals surface area contributed by atoms with Crippen molar-refractivity contribution >= 4 is 16.6 Å². The standard InChI is InChI=1S/C19H22F2N6O/c20-18(21)12-27-14-23-17-11-15(1-2-16(17)19(27)28)26-9-7-24(8-10-26)5-6-25-4-3-22-13-25/h1-4,11,13-14,18H,5-10,12H2. The number of aromatic nitrogens is 4. The molecule has 0 amide bonds. The first kappa shape index (κ1) is 18.5. The van der Waals surface area contributed by atoms with E-state index in [1.807, 2.05) is 24.7 Å². The Labute approximate surface area is 160 Å². The van der Waals surface area contributed by atoms with Crippen molar-refractivity contribution in [1.82, 2.24) is 24.0 Å². The molecule has 0 spiro atoms. The van der Waals surface area contributed by atoms with Gasteiger partial charge in [-0.15, -0.1) is 0 Å². The highest BCUT2D eigenvalue weighted by atomic mass is 19.3. The first-order valence-corrected chi connectivity index (χ1v) is 9.30. The monoisotopic (exact) mass is 388 g/mol. The molecule has 0 N–H and O–H groups in total. The van der Waals surface area contributed by atoms with E-state index >= 15 is 0 Å². The van der Waals surface area contributed by atoms with Crippen LogP contribution < -0.4 is 10.5 Å². The summed E-state index contributed by atoms with van der Waals surface area (Å²) < 4.78 is 28.2. The molecule has 4 rings (SSSR count). The molecule has 3 aromatic rings. The molecular formula is C19H22F2N6O. The summed E-state index contributed by atoms with van der Waals surface area (Å²) in [6, 6.07) is 5.43. The van der Waals surface area contributed by atoms with Crippen LogP contribution in [0.25, 0.3) is 10.9 Å². The van der Waals surface area contributed by atoms with Gasteiger partial charge in [0.05, 0.1) is 30.1 Å². The Morgan fingerprint density at radius 3 is 2.61 bits per heavy atom. The molecule has 3 heterocycles. The van der Waals surface area contributed by atoms with Gasteiger partial charge in [-0.3, -0.25) is 14.3 Å². The SMILES string of the molecule is O=c1c2ccc(N3CCN(CCn4ccnc4)CC3)cc2ncn1CC(F)F. The van der Waals surface area contributed by atoms with Crippen LogP contribution in [0.15, 0.2) is 48.0 Å². The van der Waals surface area contributed by atoms with E-state index in [0.717, 1.165) is 49.5 Å². The Bertz CT molecular complexity index is 980. The molecule has 0 radical (unpaired) electrons. The molecule has 1 aliphatic heterocycles. The summed E-state index contributed by atoms with van der Waals surface area (Å²) in [5, 5.41) is 0.367. The molecule has 148 valence electrons. The molecule has 28 heavy (non-hydrogen) atoms.